The molecule has 3 aromatic rings. The molecule has 0 spiro atoms. The van der Waals surface area contributed by atoms with E-state index in [4.69, 9.17) is 14.2 Å². The second-order valence-electron chi connectivity index (χ2n) is 13.4. The number of pyridine rings is 1. The number of rotatable bonds is 7. The summed E-state index contributed by atoms with van der Waals surface area (Å²) in [6.07, 6.45) is 10.1. The lowest BCUT2D eigenvalue weighted by molar-refractivity contribution is 0.0508. The van der Waals surface area contributed by atoms with Gasteiger partial charge in [-0.1, -0.05) is 18.2 Å². The van der Waals surface area contributed by atoms with E-state index in [1.165, 1.54) is 12.3 Å². The van der Waals surface area contributed by atoms with E-state index < -0.39 is 28.8 Å². The summed E-state index contributed by atoms with van der Waals surface area (Å²) < 4.78 is 35.0. The first-order valence-electron chi connectivity index (χ1n) is 16.1. The molecule has 3 N–H and O–H groups in total. The Morgan fingerprint density at radius 1 is 1.21 bits per heavy atom. The van der Waals surface area contributed by atoms with E-state index in [0.29, 0.717) is 49.4 Å². The topological polar surface area (TPSA) is 123 Å². The lowest BCUT2D eigenvalue weighted by Gasteiger charge is -2.29. The van der Waals surface area contributed by atoms with Gasteiger partial charge in [-0.3, -0.25) is 9.59 Å². The minimum Gasteiger partial charge on any atom is -0.497 e. The van der Waals surface area contributed by atoms with Crippen LogP contribution >= 0.6 is 0 Å². The number of amides is 2. The van der Waals surface area contributed by atoms with Crippen molar-refractivity contribution in [3.8, 4) is 17.2 Å². The summed E-state index contributed by atoms with van der Waals surface area (Å²) in [6.45, 7) is 6.43. The molecule has 3 atom stereocenters. The van der Waals surface area contributed by atoms with Crippen molar-refractivity contribution in [2.45, 2.75) is 51.3 Å². The van der Waals surface area contributed by atoms with Crippen LogP contribution in [-0.4, -0.2) is 61.0 Å². The van der Waals surface area contributed by atoms with Crippen LogP contribution in [0.15, 0.2) is 77.1 Å². The summed E-state index contributed by atoms with van der Waals surface area (Å²) in [5.74, 6) is 0.340. The average molecular weight is 656 g/mol. The normalized spacial score (nSPS) is 20.6. The highest BCUT2D eigenvalue weighted by atomic mass is 19.1. The molecule has 48 heavy (non-hydrogen) atoms. The molecule has 0 radical (unpaired) electrons. The van der Waals surface area contributed by atoms with Crippen LogP contribution < -0.4 is 31.0 Å². The van der Waals surface area contributed by atoms with Gasteiger partial charge in [-0.25, -0.2) is 9.18 Å². The number of halogens is 1. The first kappa shape index (κ1) is 31.3. The van der Waals surface area contributed by atoms with Crippen LogP contribution in [0.1, 0.15) is 44.0 Å². The maximum Gasteiger partial charge on any atom is 0.407 e. The number of hydrogen-bond acceptors (Lipinski definition) is 8. The zero-order valence-electron chi connectivity index (χ0n) is 27.3. The fourth-order valence-electron chi connectivity index (χ4n) is 6.81. The molecule has 12 heteroatoms. The zero-order valence-corrected chi connectivity index (χ0v) is 27.3. The minimum absolute atomic E-state index is 0.0350. The van der Waals surface area contributed by atoms with Crippen molar-refractivity contribution in [1.29, 1.82) is 0 Å². The van der Waals surface area contributed by atoms with Gasteiger partial charge < -0.3 is 39.6 Å². The number of alkyl carbamates (subject to hydrolysis) is 1. The molecule has 4 aliphatic rings. The van der Waals surface area contributed by atoms with Crippen LogP contribution in [0.5, 0.6) is 11.5 Å². The van der Waals surface area contributed by atoms with E-state index >= 15 is 4.39 Å². The molecule has 2 aromatic carbocycles. The van der Waals surface area contributed by atoms with Crippen LogP contribution in [-0.2, 0) is 9.47 Å². The van der Waals surface area contributed by atoms with Crippen LogP contribution in [0.4, 0.5) is 14.9 Å². The van der Waals surface area contributed by atoms with Gasteiger partial charge >= 0.3 is 6.09 Å². The molecule has 1 fully saturated rings. The maximum absolute atomic E-state index is 16.1. The highest BCUT2D eigenvalue weighted by Gasteiger charge is 2.34. The van der Waals surface area contributed by atoms with E-state index in [-0.39, 0.29) is 40.4 Å². The van der Waals surface area contributed by atoms with Gasteiger partial charge in [0.15, 0.2) is 17.3 Å². The zero-order chi connectivity index (χ0) is 33.7. The number of benzene rings is 2. The van der Waals surface area contributed by atoms with Crippen molar-refractivity contribution in [2.24, 2.45) is 5.92 Å². The number of hydrogen-bond donors (Lipinski definition) is 3. The minimum atomic E-state index is -0.656. The molecule has 4 heterocycles. The first-order valence-corrected chi connectivity index (χ1v) is 16.1. The fourth-order valence-corrected chi connectivity index (χ4v) is 6.81. The molecule has 0 saturated carbocycles. The van der Waals surface area contributed by atoms with Gasteiger partial charge in [0.1, 0.15) is 28.1 Å². The van der Waals surface area contributed by atoms with Crippen molar-refractivity contribution >= 4 is 28.6 Å². The van der Waals surface area contributed by atoms with E-state index in [9.17, 15) is 14.4 Å². The van der Waals surface area contributed by atoms with Crippen molar-refractivity contribution < 1.29 is 28.2 Å². The Kier molecular flexibility index (Phi) is 7.89. The van der Waals surface area contributed by atoms with E-state index in [0.717, 1.165) is 11.3 Å². The number of fused-ring (bicyclic) bond motifs is 3. The Morgan fingerprint density at radius 3 is 2.81 bits per heavy atom. The van der Waals surface area contributed by atoms with Crippen molar-refractivity contribution in [3.63, 3.8) is 0 Å². The number of ether oxygens (including phenoxy) is 3. The number of carbonyl (C=O) groups excluding carboxylic acids is 2. The molecule has 1 aliphatic carbocycles. The molecule has 250 valence electrons. The summed E-state index contributed by atoms with van der Waals surface area (Å²) in [7, 11) is 1.63. The van der Waals surface area contributed by atoms with Gasteiger partial charge in [0, 0.05) is 31.7 Å². The Labute approximate surface area is 277 Å². The van der Waals surface area contributed by atoms with Crippen LogP contribution in [0.25, 0.3) is 16.6 Å². The van der Waals surface area contributed by atoms with Crippen LogP contribution in [0, 0.1) is 11.7 Å². The molecular weight excluding hydrogens is 617 g/mol. The second-order valence-corrected chi connectivity index (χ2v) is 13.4. The van der Waals surface area contributed by atoms with Gasteiger partial charge in [-0.2, -0.15) is 0 Å². The fraction of sp³-hybridized carbons (Fsp3) is 0.361. The van der Waals surface area contributed by atoms with E-state index in [1.54, 1.807) is 49.5 Å². The standard InChI is InChI=1S/C36H38FN5O6/c1-36(2,3)48-35(45)40-21-12-14-41(18-21)31-26(37)16-24-30-33(31)47-29-8-6-5-7-28(29)42(30)19-25(32(24)43)34(44)38-13-11-20-17-39-27-10-9-22(46-4)15-23(20)27/h5-10,15-17,19,21,23,27,39H,11-14,18H2,1-4H3,(H,38,44)(H,40,45). The van der Waals surface area contributed by atoms with Crippen molar-refractivity contribution in [3.05, 3.63) is 93.9 Å². The lowest BCUT2D eigenvalue weighted by atomic mass is 9.89. The first-order chi connectivity index (χ1) is 23.0. The predicted molar refractivity (Wildman–Crippen MR) is 179 cm³/mol. The van der Waals surface area contributed by atoms with E-state index in [2.05, 4.69) is 28.1 Å². The number of aromatic nitrogens is 1. The third-order valence-corrected chi connectivity index (χ3v) is 9.00. The molecule has 7 rings (SSSR count). The summed E-state index contributed by atoms with van der Waals surface area (Å²) in [5.41, 5.74) is 0.952. The summed E-state index contributed by atoms with van der Waals surface area (Å²) in [4.78, 5) is 41.6. The molecule has 3 aliphatic heterocycles. The number of para-hydroxylation sites is 2. The third kappa shape index (κ3) is 5.75. The number of allylic oxidation sites excluding steroid dienone is 1. The number of carbonyl (C=O) groups is 2. The maximum atomic E-state index is 16.1. The molecule has 1 aromatic heterocycles. The molecule has 1 saturated heterocycles. The molecular formula is C36H38FN5O6. The highest BCUT2D eigenvalue weighted by Crippen LogP contribution is 2.47. The van der Waals surface area contributed by atoms with Gasteiger partial charge in [0.2, 0.25) is 5.43 Å². The van der Waals surface area contributed by atoms with Crippen molar-refractivity contribution in [1.82, 2.24) is 20.5 Å². The summed E-state index contributed by atoms with van der Waals surface area (Å²) in [6, 6.07) is 8.25. The molecule has 0 bridgehead atoms. The second kappa shape index (κ2) is 12.1. The molecule has 2 amide bonds. The largest absolute Gasteiger partial charge is 0.497 e. The summed E-state index contributed by atoms with van der Waals surface area (Å²) in [5, 5.41) is 9.15. The number of anilines is 1. The lowest BCUT2D eigenvalue weighted by Crippen LogP contribution is -2.40. The molecule has 11 nitrogen and oxygen atoms in total. The van der Waals surface area contributed by atoms with E-state index in [1.807, 2.05) is 24.4 Å². The summed E-state index contributed by atoms with van der Waals surface area (Å²) >= 11 is 0. The van der Waals surface area contributed by atoms with Crippen LogP contribution in [0.3, 0.4) is 0 Å². The average Bonchev–Trinajstić information content (AvgIpc) is 3.67. The van der Waals surface area contributed by atoms with Gasteiger partial charge in [-0.15, -0.1) is 0 Å². The Hall–Kier alpha value is -5.26. The quantitative estimate of drug-likeness (QED) is 0.254. The monoisotopic (exact) mass is 655 g/mol. The van der Waals surface area contributed by atoms with Crippen LogP contribution in [0.2, 0.25) is 0 Å². The number of nitrogens with one attached hydrogen (secondary N) is 3. The van der Waals surface area contributed by atoms with Gasteiger partial charge in [-0.05, 0) is 75.7 Å². The highest BCUT2D eigenvalue weighted by molar-refractivity contribution is 6.01. The number of methoxy groups -OCH3 is 1. The Bertz CT molecular complexity index is 1980. The Morgan fingerprint density at radius 2 is 2.02 bits per heavy atom. The number of nitrogens with zero attached hydrogens (tertiary/aromatic N) is 2. The SMILES string of the molecule is COC1=CC2C(CCNC(=O)c3cn4c5c(c(N6CCC(NC(=O)OC(C)(C)C)C6)c(F)cc5c3=O)Oc3ccccc3-4)=CNC2C=C1. The third-order valence-electron chi connectivity index (χ3n) is 9.00. The Balaban J connectivity index is 1.17. The van der Waals surface area contributed by atoms with Gasteiger partial charge in [0.25, 0.3) is 5.91 Å². The van der Waals surface area contributed by atoms with Gasteiger partial charge in [0.05, 0.1) is 30.3 Å². The van der Waals surface area contributed by atoms with Crippen molar-refractivity contribution in [2.75, 3.05) is 31.6 Å². The molecule has 3 unspecified atom stereocenters. The predicted octanol–water partition coefficient (Wildman–Crippen LogP) is 5.03. The smallest absolute Gasteiger partial charge is 0.407 e.